The van der Waals surface area contributed by atoms with Crippen molar-refractivity contribution in [3.8, 4) is 0 Å². The first-order chi connectivity index (χ1) is 10.6. The topological polar surface area (TPSA) is 82.6 Å². The van der Waals surface area contributed by atoms with E-state index in [2.05, 4.69) is 4.98 Å². The fraction of sp³-hybridized carbons (Fsp3) is 0.250. The average molecular weight is 300 g/mol. The van der Waals surface area contributed by atoms with Crippen LogP contribution >= 0.6 is 0 Å². The van der Waals surface area contributed by atoms with Crippen LogP contribution in [0.25, 0.3) is 0 Å². The van der Waals surface area contributed by atoms with Crippen LogP contribution in [-0.4, -0.2) is 33.6 Å². The van der Waals surface area contributed by atoms with Crippen molar-refractivity contribution in [3.05, 3.63) is 58.9 Å². The van der Waals surface area contributed by atoms with Crippen molar-refractivity contribution in [3.63, 3.8) is 0 Å². The minimum absolute atomic E-state index is 0.157. The highest BCUT2D eigenvalue weighted by atomic mass is 16.6. The molecule has 1 aromatic heterocycles. The summed E-state index contributed by atoms with van der Waals surface area (Å²) in [6.45, 7) is 1.11. The van der Waals surface area contributed by atoms with Gasteiger partial charge in [-0.3, -0.25) is 0 Å². The zero-order chi connectivity index (χ0) is 15.5. The van der Waals surface area contributed by atoms with E-state index in [1.807, 2.05) is 30.3 Å². The molecule has 114 valence electrons. The summed E-state index contributed by atoms with van der Waals surface area (Å²) < 4.78 is 5.30. The molecule has 0 saturated heterocycles. The van der Waals surface area contributed by atoms with Crippen LogP contribution in [0.2, 0.25) is 0 Å². The molecule has 0 atom stereocenters. The number of fused-ring (bicyclic) bond motifs is 1. The van der Waals surface area contributed by atoms with Crippen LogP contribution in [0.3, 0.4) is 0 Å². The van der Waals surface area contributed by atoms with Crippen LogP contribution in [0.5, 0.6) is 0 Å². The van der Waals surface area contributed by atoms with Gasteiger partial charge in [-0.2, -0.15) is 0 Å². The third-order valence-electron chi connectivity index (χ3n) is 3.68. The summed E-state index contributed by atoms with van der Waals surface area (Å²) in [5.74, 6) is -0.993. The molecular formula is C16H16N2O4. The van der Waals surface area contributed by atoms with Crippen molar-refractivity contribution in [1.82, 2.24) is 9.88 Å². The van der Waals surface area contributed by atoms with Crippen LogP contribution in [0.1, 0.15) is 27.3 Å². The van der Waals surface area contributed by atoms with Crippen molar-refractivity contribution in [1.29, 1.82) is 0 Å². The number of carboxylic acid groups (broad SMARTS) is 1. The van der Waals surface area contributed by atoms with Gasteiger partial charge >= 0.3 is 12.1 Å². The summed E-state index contributed by atoms with van der Waals surface area (Å²) in [5, 5.41) is 8.98. The Kier molecular flexibility index (Phi) is 3.82. The third-order valence-corrected chi connectivity index (χ3v) is 3.68. The summed E-state index contributed by atoms with van der Waals surface area (Å²) in [4.78, 5) is 27.5. The summed E-state index contributed by atoms with van der Waals surface area (Å²) >= 11 is 0. The number of nitrogens with zero attached hydrogens (tertiary/aromatic N) is 1. The average Bonchev–Trinajstić information content (AvgIpc) is 2.97. The second-order valence-corrected chi connectivity index (χ2v) is 5.20. The Bertz CT molecular complexity index is 693. The molecule has 1 aliphatic rings. The second kappa shape index (κ2) is 5.93. The lowest BCUT2D eigenvalue weighted by atomic mass is 10.1. The van der Waals surface area contributed by atoms with Gasteiger partial charge < -0.3 is 19.7 Å². The van der Waals surface area contributed by atoms with Crippen molar-refractivity contribution >= 4 is 12.1 Å². The Morgan fingerprint density at radius 2 is 2.05 bits per heavy atom. The highest BCUT2D eigenvalue weighted by molar-refractivity contribution is 5.86. The lowest BCUT2D eigenvalue weighted by Crippen LogP contribution is -2.36. The fourth-order valence-corrected chi connectivity index (χ4v) is 2.52. The normalized spacial score (nSPS) is 13.5. The number of nitrogens with one attached hydrogen (secondary N) is 1. The highest BCUT2D eigenvalue weighted by Gasteiger charge is 2.24. The molecule has 0 radical (unpaired) electrons. The van der Waals surface area contributed by atoms with Gasteiger partial charge in [0, 0.05) is 18.7 Å². The number of carbonyl (C=O) groups excluding carboxylic acids is 1. The number of aromatic carboxylic acids is 1. The number of aromatic nitrogens is 1. The Labute approximate surface area is 127 Å². The van der Waals surface area contributed by atoms with E-state index in [1.54, 1.807) is 11.0 Å². The van der Waals surface area contributed by atoms with Crippen molar-refractivity contribution < 1.29 is 19.4 Å². The predicted octanol–water partition coefficient (Wildman–Crippen LogP) is 2.41. The zero-order valence-electron chi connectivity index (χ0n) is 11.9. The van der Waals surface area contributed by atoms with Crippen LogP contribution in [0.15, 0.2) is 36.4 Å². The zero-order valence-corrected chi connectivity index (χ0v) is 11.9. The summed E-state index contributed by atoms with van der Waals surface area (Å²) in [7, 11) is 0. The minimum atomic E-state index is -0.993. The molecule has 0 saturated carbocycles. The number of carboxylic acids is 1. The monoisotopic (exact) mass is 300 g/mol. The van der Waals surface area contributed by atoms with Gasteiger partial charge in [0.1, 0.15) is 12.3 Å². The molecule has 0 bridgehead atoms. The number of carbonyl (C=O) groups is 2. The summed E-state index contributed by atoms with van der Waals surface area (Å²) in [6.07, 6.45) is 0.218. The first kappa shape index (κ1) is 14.2. The van der Waals surface area contributed by atoms with E-state index >= 15 is 0 Å². The molecule has 22 heavy (non-hydrogen) atoms. The maximum Gasteiger partial charge on any atom is 0.410 e. The number of aromatic amines is 1. The largest absolute Gasteiger partial charge is 0.477 e. The first-order valence-corrected chi connectivity index (χ1v) is 7.03. The van der Waals surface area contributed by atoms with Gasteiger partial charge in [-0.25, -0.2) is 9.59 Å². The molecule has 0 spiro atoms. The number of rotatable bonds is 3. The van der Waals surface area contributed by atoms with E-state index in [4.69, 9.17) is 9.84 Å². The van der Waals surface area contributed by atoms with Crippen LogP contribution in [0, 0.1) is 0 Å². The molecule has 1 aromatic carbocycles. The van der Waals surface area contributed by atoms with E-state index in [1.165, 1.54) is 0 Å². The maximum atomic E-state index is 12.1. The summed E-state index contributed by atoms with van der Waals surface area (Å²) in [5.41, 5.74) is 2.80. The minimum Gasteiger partial charge on any atom is -0.477 e. The predicted molar refractivity (Wildman–Crippen MR) is 78.5 cm³/mol. The summed E-state index contributed by atoms with van der Waals surface area (Å²) in [6, 6.07) is 11.1. The molecule has 6 nitrogen and oxygen atoms in total. The maximum absolute atomic E-state index is 12.1. The standard InChI is InChI=1S/C16H16N2O4/c19-15(20)14-8-12-9-18(7-6-13(12)17-14)16(21)22-10-11-4-2-1-3-5-11/h1-5,8,17H,6-7,9-10H2,(H,19,20). The van der Waals surface area contributed by atoms with Crippen molar-refractivity contribution in [2.75, 3.05) is 6.54 Å². The molecule has 6 heteroatoms. The molecule has 1 amide bonds. The molecule has 0 aliphatic carbocycles. The van der Waals surface area contributed by atoms with Crippen molar-refractivity contribution in [2.45, 2.75) is 19.6 Å². The van der Waals surface area contributed by atoms with Gasteiger partial charge in [0.2, 0.25) is 0 Å². The van der Waals surface area contributed by atoms with Crippen LogP contribution < -0.4 is 0 Å². The molecule has 1 aliphatic heterocycles. The van der Waals surface area contributed by atoms with E-state index in [0.29, 0.717) is 19.5 Å². The number of ether oxygens (including phenoxy) is 1. The molecule has 2 N–H and O–H groups in total. The third kappa shape index (κ3) is 2.95. The molecule has 3 rings (SSSR count). The number of hydrogen-bond acceptors (Lipinski definition) is 3. The highest BCUT2D eigenvalue weighted by Crippen LogP contribution is 2.20. The molecule has 0 fully saturated rings. The van der Waals surface area contributed by atoms with E-state index in [-0.39, 0.29) is 18.4 Å². The SMILES string of the molecule is O=C(O)c1cc2c([nH]1)CCN(C(=O)OCc1ccccc1)C2. The second-order valence-electron chi connectivity index (χ2n) is 5.20. The van der Waals surface area contributed by atoms with Gasteiger partial charge in [-0.05, 0) is 17.2 Å². The molecule has 2 aromatic rings. The smallest absolute Gasteiger partial charge is 0.410 e. The Morgan fingerprint density at radius 1 is 1.27 bits per heavy atom. The fourth-order valence-electron chi connectivity index (χ4n) is 2.52. The lowest BCUT2D eigenvalue weighted by Gasteiger charge is -2.26. The first-order valence-electron chi connectivity index (χ1n) is 7.03. The lowest BCUT2D eigenvalue weighted by molar-refractivity contribution is 0.0690. The Balaban J connectivity index is 1.61. The number of H-pyrrole nitrogens is 1. The van der Waals surface area contributed by atoms with Gasteiger partial charge in [0.05, 0.1) is 6.54 Å². The van der Waals surface area contributed by atoms with E-state index < -0.39 is 5.97 Å². The van der Waals surface area contributed by atoms with E-state index in [9.17, 15) is 9.59 Å². The Hall–Kier alpha value is -2.76. The molecule has 2 heterocycles. The number of benzene rings is 1. The van der Waals surface area contributed by atoms with Crippen LogP contribution in [0.4, 0.5) is 4.79 Å². The van der Waals surface area contributed by atoms with E-state index in [0.717, 1.165) is 16.8 Å². The molecule has 0 unspecified atom stereocenters. The molecular weight excluding hydrogens is 284 g/mol. The van der Waals surface area contributed by atoms with Gasteiger partial charge in [0.15, 0.2) is 0 Å². The Morgan fingerprint density at radius 3 is 2.77 bits per heavy atom. The van der Waals surface area contributed by atoms with Crippen molar-refractivity contribution in [2.24, 2.45) is 0 Å². The van der Waals surface area contributed by atoms with Gasteiger partial charge in [-0.15, -0.1) is 0 Å². The van der Waals surface area contributed by atoms with Gasteiger partial charge in [-0.1, -0.05) is 30.3 Å². The number of hydrogen-bond donors (Lipinski definition) is 2. The quantitative estimate of drug-likeness (QED) is 0.912. The van der Waals surface area contributed by atoms with Gasteiger partial charge in [0.25, 0.3) is 0 Å². The van der Waals surface area contributed by atoms with Crippen LogP contribution in [-0.2, 0) is 24.3 Å². The number of amides is 1.